The van der Waals surface area contributed by atoms with Crippen molar-refractivity contribution < 1.29 is 19.1 Å². The number of nitrogens with zero attached hydrogens (tertiary/aromatic N) is 2. The Kier molecular flexibility index (Phi) is 5.23. The predicted octanol–water partition coefficient (Wildman–Crippen LogP) is 1.69. The van der Waals surface area contributed by atoms with E-state index in [0.29, 0.717) is 24.5 Å². The highest BCUT2D eigenvalue weighted by Crippen LogP contribution is 2.22. The van der Waals surface area contributed by atoms with E-state index in [1.54, 1.807) is 19.2 Å². The van der Waals surface area contributed by atoms with E-state index in [1.807, 2.05) is 21.9 Å². The van der Waals surface area contributed by atoms with E-state index < -0.39 is 0 Å². The molecule has 2 amide bonds. The topological polar surface area (TPSA) is 59.1 Å². The highest BCUT2D eigenvalue weighted by molar-refractivity contribution is 5.79. The van der Waals surface area contributed by atoms with Gasteiger partial charge in [0.15, 0.2) is 6.61 Å². The molecule has 130 valence electrons. The summed E-state index contributed by atoms with van der Waals surface area (Å²) in [6.07, 6.45) is 3.48. The Morgan fingerprint density at radius 1 is 1.25 bits per heavy atom. The fraction of sp³-hybridized carbons (Fsp3) is 0.556. The SMILES string of the molecule is COc1cccc(OCC(=O)N2CCC[C@@H](N3CCCC3=O)C2)c1. The molecule has 0 saturated carbocycles. The van der Waals surface area contributed by atoms with Crippen LogP contribution in [0.2, 0.25) is 0 Å². The zero-order chi connectivity index (χ0) is 16.9. The minimum Gasteiger partial charge on any atom is -0.497 e. The molecule has 0 bridgehead atoms. The van der Waals surface area contributed by atoms with Crippen molar-refractivity contribution in [3.8, 4) is 11.5 Å². The third-order valence-electron chi connectivity index (χ3n) is 4.70. The first-order chi connectivity index (χ1) is 11.7. The number of likely N-dealkylation sites (tertiary alicyclic amines) is 2. The van der Waals surface area contributed by atoms with Gasteiger partial charge in [-0.3, -0.25) is 9.59 Å². The van der Waals surface area contributed by atoms with Gasteiger partial charge >= 0.3 is 0 Å². The largest absolute Gasteiger partial charge is 0.497 e. The maximum atomic E-state index is 12.4. The number of benzene rings is 1. The lowest BCUT2D eigenvalue weighted by atomic mass is 10.0. The van der Waals surface area contributed by atoms with E-state index in [0.717, 1.165) is 32.4 Å². The molecule has 2 aliphatic rings. The van der Waals surface area contributed by atoms with E-state index >= 15 is 0 Å². The molecule has 3 rings (SSSR count). The summed E-state index contributed by atoms with van der Waals surface area (Å²) < 4.78 is 10.7. The van der Waals surface area contributed by atoms with Crippen molar-refractivity contribution in [1.82, 2.24) is 9.80 Å². The smallest absolute Gasteiger partial charge is 0.260 e. The van der Waals surface area contributed by atoms with Gasteiger partial charge in [0.2, 0.25) is 5.91 Å². The summed E-state index contributed by atoms with van der Waals surface area (Å²) in [6, 6.07) is 7.38. The summed E-state index contributed by atoms with van der Waals surface area (Å²) in [5.74, 6) is 1.51. The molecule has 24 heavy (non-hydrogen) atoms. The molecule has 2 fully saturated rings. The quantitative estimate of drug-likeness (QED) is 0.823. The van der Waals surface area contributed by atoms with Crippen LogP contribution >= 0.6 is 0 Å². The molecule has 2 aliphatic heterocycles. The highest BCUT2D eigenvalue weighted by atomic mass is 16.5. The van der Waals surface area contributed by atoms with Gasteiger partial charge in [-0.1, -0.05) is 6.07 Å². The van der Waals surface area contributed by atoms with E-state index in [1.165, 1.54) is 0 Å². The van der Waals surface area contributed by atoms with Crippen molar-refractivity contribution in [1.29, 1.82) is 0 Å². The van der Waals surface area contributed by atoms with Gasteiger partial charge in [0.1, 0.15) is 11.5 Å². The number of hydrogen-bond acceptors (Lipinski definition) is 4. The lowest BCUT2D eigenvalue weighted by Gasteiger charge is -2.37. The van der Waals surface area contributed by atoms with Crippen molar-refractivity contribution in [2.45, 2.75) is 31.7 Å². The van der Waals surface area contributed by atoms with Crippen LogP contribution in [0.5, 0.6) is 11.5 Å². The first kappa shape index (κ1) is 16.6. The maximum Gasteiger partial charge on any atom is 0.260 e. The van der Waals surface area contributed by atoms with Crippen molar-refractivity contribution in [2.24, 2.45) is 0 Å². The van der Waals surface area contributed by atoms with E-state index in [4.69, 9.17) is 9.47 Å². The number of hydrogen-bond donors (Lipinski definition) is 0. The van der Waals surface area contributed by atoms with Crippen molar-refractivity contribution in [3.05, 3.63) is 24.3 Å². The van der Waals surface area contributed by atoms with Gasteiger partial charge in [0.25, 0.3) is 5.91 Å². The predicted molar refractivity (Wildman–Crippen MR) is 89.0 cm³/mol. The molecule has 0 spiro atoms. The summed E-state index contributed by atoms with van der Waals surface area (Å²) in [6.45, 7) is 2.19. The van der Waals surface area contributed by atoms with Gasteiger partial charge in [-0.15, -0.1) is 0 Å². The van der Waals surface area contributed by atoms with Crippen LogP contribution in [0.15, 0.2) is 24.3 Å². The Bertz CT molecular complexity index is 604. The Hall–Kier alpha value is -2.24. The van der Waals surface area contributed by atoms with Crippen LogP contribution in [-0.4, -0.2) is 61.0 Å². The third-order valence-corrected chi connectivity index (χ3v) is 4.70. The number of rotatable bonds is 5. The number of amides is 2. The number of carbonyl (C=O) groups excluding carboxylic acids is 2. The Morgan fingerprint density at radius 2 is 2.08 bits per heavy atom. The molecule has 0 N–H and O–H groups in total. The van der Waals surface area contributed by atoms with E-state index in [2.05, 4.69) is 0 Å². The molecule has 2 saturated heterocycles. The molecule has 6 heteroatoms. The van der Waals surface area contributed by atoms with Gasteiger partial charge in [0.05, 0.1) is 7.11 Å². The number of piperidine rings is 1. The van der Waals surface area contributed by atoms with Gasteiger partial charge in [-0.25, -0.2) is 0 Å². The Labute approximate surface area is 142 Å². The molecule has 0 aromatic heterocycles. The molecule has 0 unspecified atom stereocenters. The van der Waals surface area contributed by atoms with Crippen LogP contribution < -0.4 is 9.47 Å². The lowest BCUT2D eigenvalue weighted by molar-refractivity contribution is -0.138. The zero-order valence-corrected chi connectivity index (χ0v) is 14.1. The number of ether oxygens (including phenoxy) is 2. The molecular weight excluding hydrogens is 308 g/mol. The Morgan fingerprint density at radius 3 is 2.83 bits per heavy atom. The Balaban J connectivity index is 1.53. The van der Waals surface area contributed by atoms with Crippen LogP contribution in [0.4, 0.5) is 0 Å². The highest BCUT2D eigenvalue weighted by Gasteiger charge is 2.32. The summed E-state index contributed by atoms with van der Waals surface area (Å²) in [7, 11) is 1.60. The average molecular weight is 332 g/mol. The minimum absolute atomic E-state index is 0.00777. The fourth-order valence-corrected chi connectivity index (χ4v) is 3.42. The maximum absolute atomic E-state index is 12.4. The second-order valence-electron chi connectivity index (χ2n) is 6.29. The van der Waals surface area contributed by atoms with Crippen LogP contribution in [0.1, 0.15) is 25.7 Å². The molecule has 6 nitrogen and oxygen atoms in total. The first-order valence-corrected chi connectivity index (χ1v) is 8.51. The normalized spacial score (nSPS) is 21.0. The molecule has 1 atom stereocenters. The molecule has 1 aromatic rings. The number of carbonyl (C=O) groups is 2. The second-order valence-corrected chi connectivity index (χ2v) is 6.29. The molecule has 0 radical (unpaired) electrons. The van der Waals surface area contributed by atoms with E-state index in [9.17, 15) is 9.59 Å². The summed E-state index contributed by atoms with van der Waals surface area (Å²) in [5.41, 5.74) is 0. The third kappa shape index (κ3) is 3.80. The summed E-state index contributed by atoms with van der Waals surface area (Å²) in [5, 5.41) is 0. The van der Waals surface area contributed by atoms with Crippen LogP contribution in [-0.2, 0) is 9.59 Å². The van der Waals surface area contributed by atoms with Crippen LogP contribution in [0.3, 0.4) is 0 Å². The van der Waals surface area contributed by atoms with Crippen LogP contribution in [0, 0.1) is 0 Å². The van der Waals surface area contributed by atoms with Gasteiger partial charge in [-0.05, 0) is 31.4 Å². The lowest BCUT2D eigenvalue weighted by Crippen LogP contribution is -2.51. The monoisotopic (exact) mass is 332 g/mol. The summed E-state index contributed by atoms with van der Waals surface area (Å²) >= 11 is 0. The molecule has 0 aliphatic carbocycles. The minimum atomic E-state index is -0.0332. The average Bonchev–Trinajstić information content (AvgIpc) is 3.06. The zero-order valence-electron chi connectivity index (χ0n) is 14.1. The molecule has 1 aromatic carbocycles. The van der Waals surface area contributed by atoms with E-state index in [-0.39, 0.29) is 24.5 Å². The first-order valence-electron chi connectivity index (χ1n) is 8.51. The molecule has 2 heterocycles. The number of methoxy groups -OCH3 is 1. The van der Waals surface area contributed by atoms with Crippen molar-refractivity contribution in [3.63, 3.8) is 0 Å². The van der Waals surface area contributed by atoms with Crippen molar-refractivity contribution >= 4 is 11.8 Å². The summed E-state index contributed by atoms with van der Waals surface area (Å²) in [4.78, 5) is 28.1. The van der Waals surface area contributed by atoms with Crippen molar-refractivity contribution in [2.75, 3.05) is 33.4 Å². The fourth-order valence-electron chi connectivity index (χ4n) is 3.42. The van der Waals surface area contributed by atoms with Gasteiger partial charge in [0, 0.05) is 38.2 Å². The van der Waals surface area contributed by atoms with Gasteiger partial charge < -0.3 is 19.3 Å². The van der Waals surface area contributed by atoms with Crippen LogP contribution in [0.25, 0.3) is 0 Å². The van der Waals surface area contributed by atoms with Gasteiger partial charge in [-0.2, -0.15) is 0 Å². The molecular formula is C18H24N2O4. The second kappa shape index (κ2) is 7.55. The standard InChI is InChI=1S/C18H24N2O4/c1-23-15-6-2-7-16(11-15)24-13-18(22)19-9-3-5-14(12-19)20-10-4-8-17(20)21/h2,6-7,11,14H,3-5,8-10,12-13H2,1H3/t14-/m1/s1.